The number of benzene rings is 2. The van der Waals surface area contributed by atoms with Gasteiger partial charge in [0.15, 0.2) is 11.5 Å². The fourth-order valence-corrected chi connectivity index (χ4v) is 2.33. The van der Waals surface area contributed by atoms with Gasteiger partial charge in [0.2, 0.25) is 5.91 Å². The lowest BCUT2D eigenvalue weighted by Gasteiger charge is -2.10. The Balaban J connectivity index is 2.01. The fourth-order valence-electron chi connectivity index (χ4n) is 2.33. The van der Waals surface area contributed by atoms with Crippen LogP contribution >= 0.6 is 0 Å². The predicted molar refractivity (Wildman–Crippen MR) is 92.4 cm³/mol. The zero-order valence-corrected chi connectivity index (χ0v) is 14.1. The van der Waals surface area contributed by atoms with E-state index in [9.17, 15) is 4.79 Å². The Bertz CT molecular complexity index is 663. The first-order valence-electron chi connectivity index (χ1n) is 7.64. The summed E-state index contributed by atoms with van der Waals surface area (Å²) < 4.78 is 10.5. The normalized spacial score (nSPS) is 10.5. The van der Waals surface area contributed by atoms with Gasteiger partial charge in [0.05, 0.1) is 20.6 Å². The van der Waals surface area contributed by atoms with Crippen LogP contribution in [-0.2, 0) is 11.2 Å². The van der Waals surface area contributed by atoms with Crippen LogP contribution in [0.1, 0.15) is 30.9 Å². The van der Waals surface area contributed by atoms with Crippen LogP contribution in [0.2, 0.25) is 0 Å². The molecule has 2 aromatic carbocycles. The molecule has 0 saturated heterocycles. The van der Waals surface area contributed by atoms with E-state index in [1.54, 1.807) is 20.3 Å². The van der Waals surface area contributed by atoms with Crippen molar-refractivity contribution in [2.45, 2.75) is 26.2 Å². The van der Waals surface area contributed by atoms with E-state index in [4.69, 9.17) is 9.47 Å². The van der Waals surface area contributed by atoms with Crippen LogP contribution < -0.4 is 14.8 Å². The van der Waals surface area contributed by atoms with Gasteiger partial charge in [0.25, 0.3) is 0 Å². The molecule has 0 unspecified atom stereocenters. The Morgan fingerprint density at radius 1 is 1.00 bits per heavy atom. The molecule has 23 heavy (non-hydrogen) atoms. The molecule has 0 radical (unpaired) electrons. The van der Waals surface area contributed by atoms with Gasteiger partial charge in [-0.05, 0) is 41.3 Å². The summed E-state index contributed by atoms with van der Waals surface area (Å²) in [6, 6.07) is 13.4. The van der Waals surface area contributed by atoms with Crippen molar-refractivity contribution in [3.63, 3.8) is 0 Å². The van der Waals surface area contributed by atoms with Gasteiger partial charge >= 0.3 is 0 Å². The molecule has 0 fully saturated rings. The second kappa shape index (κ2) is 7.68. The SMILES string of the molecule is COc1ccc(CC(=O)Nc2ccc(C(C)C)cc2)cc1OC. The minimum atomic E-state index is -0.0606. The van der Waals surface area contributed by atoms with Gasteiger partial charge < -0.3 is 14.8 Å². The number of anilines is 1. The van der Waals surface area contributed by atoms with Crippen LogP contribution in [0.15, 0.2) is 42.5 Å². The summed E-state index contributed by atoms with van der Waals surface area (Å²) in [5, 5.41) is 2.91. The molecule has 0 aliphatic carbocycles. The summed E-state index contributed by atoms with van der Waals surface area (Å²) in [6.45, 7) is 4.29. The molecule has 122 valence electrons. The van der Waals surface area contributed by atoms with E-state index < -0.39 is 0 Å². The topological polar surface area (TPSA) is 47.6 Å². The third kappa shape index (κ3) is 4.49. The number of methoxy groups -OCH3 is 2. The Morgan fingerprint density at radius 3 is 2.22 bits per heavy atom. The van der Waals surface area contributed by atoms with Crippen LogP contribution in [0.3, 0.4) is 0 Å². The van der Waals surface area contributed by atoms with Gasteiger partial charge in [0.1, 0.15) is 0 Å². The van der Waals surface area contributed by atoms with E-state index >= 15 is 0 Å². The number of hydrogen-bond acceptors (Lipinski definition) is 3. The van der Waals surface area contributed by atoms with E-state index in [0.29, 0.717) is 17.4 Å². The highest BCUT2D eigenvalue weighted by Gasteiger charge is 2.09. The molecule has 2 rings (SSSR count). The number of hydrogen-bond donors (Lipinski definition) is 1. The molecule has 0 atom stereocenters. The van der Waals surface area contributed by atoms with Gasteiger partial charge in [-0.1, -0.05) is 32.0 Å². The monoisotopic (exact) mass is 313 g/mol. The highest BCUT2D eigenvalue weighted by atomic mass is 16.5. The number of carbonyl (C=O) groups excluding carboxylic acids is 1. The maximum atomic E-state index is 12.2. The molecule has 0 bridgehead atoms. The van der Waals surface area contributed by atoms with Crippen molar-refractivity contribution in [3.05, 3.63) is 53.6 Å². The molecule has 0 spiro atoms. The molecule has 2 aromatic rings. The molecule has 0 aliphatic rings. The lowest BCUT2D eigenvalue weighted by molar-refractivity contribution is -0.115. The number of rotatable bonds is 6. The maximum Gasteiger partial charge on any atom is 0.228 e. The fraction of sp³-hybridized carbons (Fsp3) is 0.316. The zero-order valence-electron chi connectivity index (χ0n) is 14.1. The average Bonchev–Trinajstić information content (AvgIpc) is 2.55. The van der Waals surface area contributed by atoms with E-state index in [2.05, 4.69) is 19.2 Å². The van der Waals surface area contributed by atoms with Gasteiger partial charge in [-0.15, -0.1) is 0 Å². The van der Waals surface area contributed by atoms with E-state index in [1.807, 2.05) is 36.4 Å². The van der Waals surface area contributed by atoms with Gasteiger partial charge in [-0.25, -0.2) is 0 Å². The van der Waals surface area contributed by atoms with Crippen LogP contribution in [0, 0.1) is 0 Å². The van der Waals surface area contributed by atoms with E-state index in [-0.39, 0.29) is 12.3 Å². The maximum absolute atomic E-state index is 12.2. The Hall–Kier alpha value is -2.49. The number of ether oxygens (including phenoxy) is 2. The van der Waals surface area contributed by atoms with E-state index in [0.717, 1.165) is 11.3 Å². The lowest BCUT2D eigenvalue weighted by Crippen LogP contribution is -2.14. The predicted octanol–water partition coefficient (Wildman–Crippen LogP) is 4.01. The third-order valence-corrected chi connectivity index (χ3v) is 3.67. The summed E-state index contributed by atoms with van der Waals surface area (Å²) in [5.74, 6) is 1.70. The molecule has 4 heteroatoms. The summed E-state index contributed by atoms with van der Waals surface area (Å²) in [7, 11) is 3.17. The summed E-state index contributed by atoms with van der Waals surface area (Å²) in [4.78, 5) is 12.2. The standard InChI is InChI=1S/C19H23NO3/c1-13(2)15-6-8-16(9-7-15)20-19(21)12-14-5-10-17(22-3)18(11-14)23-4/h5-11,13H,12H2,1-4H3,(H,20,21). The first-order chi connectivity index (χ1) is 11.0. The minimum Gasteiger partial charge on any atom is -0.493 e. The first kappa shape index (κ1) is 16.9. The van der Waals surface area contributed by atoms with Crippen molar-refractivity contribution < 1.29 is 14.3 Å². The second-order valence-electron chi connectivity index (χ2n) is 5.69. The Labute approximate surface area is 137 Å². The van der Waals surface area contributed by atoms with Crippen LogP contribution in [0.25, 0.3) is 0 Å². The van der Waals surface area contributed by atoms with E-state index in [1.165, 1.54) is 5.56 Å². The molecular weight excluding hydrogens is 290 g/mol. The Kier molecular flexibility index (Phi) is 5.63. The quantitative estimate of drug-likeness (QED) is 0.876. The summed E-state index contributed by atoms with van der Waals surface area (Å²) in [5.41, 5.74) is 2.93. The average molecular weight is 313 g/mol. The van der Waals surface area contributed by atoms with Gasteiger partial charge in [-0.2, -0.15) is 0 Å². The highest BCUT2D eigenvalue weighted by Crippen LogP contribution is 2.27. The highest BCUT2D eigenvalue weighted by molar-refractivity contribution is 5.92. The smallest absolute Gasteiger partial charge is 0.228 e. The van der Waals surface area contributed by atoms with Crippen LogP contribution in [0.4, 0.5) is 5.69 Å². The van der Waals surface area contributed by atoms with Gasteiger partial charge in [-0.3, -0.25) is 4.79 Å². The molecule has 4 nitrogen and oxygen atoms in total. The van der Waals surface area contributed by atoms with Crippen LogP contribution in [-0.4, -0.2) is 20.1 Å². The summed E-state index contributed by atoms with van der Waals surface area (Å²) in [6.07, 6.45) is 0.284. The number of nitrogens with one attached hydrogen (secondary N) is 1. The molecule has 0 saturated carbocycles. The van der Waals surface area contributed by atoms with Crippen molar-refractivity contribution in [2.24, 2.45) is 0 Å². The Morgan fingerprint density at radius 2 is 1.65 bits per heavy atom. The van der Waals surface area contributed by atoms with Crippen molar-refractivity contribution in [1.29, 1.82) is 0 Å². The minimum absolute atomic E-state index is 0.0606. The summed E-state index contributed by atoms with van der Waals surface area (Å²) >= 11 is 0. The molecule has 1 amide bonds. The molecule has 0 aromatic heterocycles. The zero-order chi connectivity index (χ0) is 16.8. The number of carbonyl (C=O) groups is 1. The molecule has 0 aliphatic heterocycles. The van der Waals surface area contributed by atoms with Crippen molar-refractivity contribution in [1.82, 2.24) is 0 Å². The lowest BCUT2D eigenvalue weighted by atomic mass is 10.0. The number of amides is 1. The second-order valence-corrected chi connectivity index (χ2v) is 5.69. The third-order valence-electron chi connectivity index (χ3n) is 3.67. The van der Waals surface area contributed by atoms with Crippen molar-refractivity contribution in [3.8, 4) is 11.5 Å². The first-order valence-corrected chi connectivity index (χ1v) is 7.64. The largest absolute Gasteiger partial charge is 0.493 e. The molecule has 1 N–H and O–H groups in total. The molecular formula is C19H23NO3. The van der Waals surface area contributed by atoms with Crippen LogP contribution in [0.5, 0.6) is 11.5 Å². The van der Waals surface area contributed by atoms with Crippen molar-refractivity contribution >= 4 is 11.6 Å². The molecule has 0 heterocycles. The van der Waals surface area contributed by atoms with Crippen molar-refractivity contribution in [2.75, 3.05) is 19.5 Å². The van der Waals surface area contributed by atoms with Gasteiger partial charge in [0, 0.05) is 5.69 Å².